The van der Waals surface area contributed by atoms with Crippen LogP contribution in [0.4, 0.5) is 0 Å². The van der Waals surface area contributed by atoms with Crippen LogP contribution >= 0.6 is 0 Å². The van der Waals surface area contributed by atoms with Crippen LogP contribution < -0.4 is 0 Å². The van der Waals surface area contributed by atoms with E-state index in [9.17, 15) is 14.4 Å². The molecule has 0 N–H and O–H groups in total. The smallest absolute Gasteiger partial charge is 0.314 e. The maximum absolute atomic E-state index is 12.1. The van der Waals surface area contributed by atoms with Gasteiger partial charge in [-0.3, -0.25) is 14.4 Å². The van der Waals surface area contributed by atoms with Gasteiger partial charge in [-0.25, -0.2) is 0 Å². The van der Waals surface area contributed by atoms with E-state index in [1.54, 1.807) is 27.7 Å². The number of methoxy groups -OCH3 is 1. The fourth-order valence-electron chi connectivity index (χ4n) is 1.38. The highest BCUT2D eigenvalue weighted by atomic mass is 16.7. The third-order valence-corrected chi connectivity index (χ3v) is 3.18. The molecule has 0 aliphatic rings. The molecule has 0 rings (SSSR count). The van der Waals surface area contributed by atoms with Crippen molar-refractivity contribution in [3.63, 3.8) is 0 Å². The summed E-state index contributed by atoms with van der Waals surface area (Å²) in [5.74, 6) is -2.11. The Morgan fingerprint density at radius 2 is 1.67 bits per heavy atom. The summed E-state index contributed by atoms with van der Waals surface area (Å²) in [4.78, 5) is 34.2. The van der Waals surface area contributed by atoms with Crippen LogP contribution in [0.25, 0.3) is 0 Å². The second-order valence-corrected chi connectivity index (χ2v) is 5.15. The van der Waals surface area contributed by atoms with E-state index in [2.05, 4.69) is 9.47 Å². The van der Waals surface area contributed by atoms with Crippen LogP contribution in [0.3, 0.4) is 0 Å². The van der Waals surface area contributed by atoms with E-state index in [0.717, 1.165) is 0 Å². The maximum atomic E-state index is 12.1. The lowest BCUT2D eigenvalue weighted by Crippen LogP contribution is -2.39. The SMILES string of the molecule is COC(=O)C(C)C(C)(C)C(=O)OC(C)OCCOC(C)=O. The number of ether oxygens (including phenoxy) is 4. The third kappa shape index (κ3) is 6.57. The predicted molar refractivity (Wildman–Crippen MR) is 73.1 cm³/mol. The topological polar surface area (TPSA) is 88.1 Å². The fourth-order valence-corrected chi connectivity index (χ4v) is 1.38. The lowest BCUT2D eigenvalue weighted by Gasteiger charge is -2.28. The summed E-state index contributed by atoms with van der Waals surface area (Å²) < 4.78 is 19.6. The van der Waals surface area contributed by atoms with Crippen LogP contribution in [-0.4, -0.2) is 44.5 Å². The van der Waals surface area contributed by atoms with Gasteiger partial charge in [-0.15, -0.1) is 0 Å². The molecule has 0 radical (unpaired) electrons. The highest BCUT2D eigenvalue weighted by Gasteiger charge is 2.41. The molecule has 21 heavy (non-hydrogen) atoms. The van der Waals surface area contributed by atoms with Gasteiger partial charge in [0.05, 0.1) is 25.0 Å². The number of rotatable bonds is 8. The first-order valence-electron chi connectivity index (χ1n) is 6.66. The number of carbonyl (C=O) groups is 3. The van der Waals surface area contributed by atoms with Crippen LogP contribution in [0.1, 0.15) is 34.6 Å². The molecular formula is C14H24O7. The zero-order valence-corrected chi connectivity index (χ0v) is 13.4. The predicted octanol–water partition coefficient (Wildman–Crippen LogP) is 1.29. The fraction of sp³-hybridized carbons (Fsp3) is 0.786. The van der Waals surface area contributed by atoms with Crippen molar-refractivity contribution in [3.8, 4) is 0 Å². The van der Waals surface area contributed by atoms with Crippen LogP contribution in [0.15, 0.2) is 0 Å². The summed E-state index contributed by atoms with van der Waals surface area (Å²) in [6.45, 7) is 7.83. The third-order valence-electron chi connectivity index (χ3n) is 3.18. The quantitative estimate of drug-likeness (QED) is 0.289. The molecule has 0 saturated heterocycles. The Labute approximate surface area is 124 Å². The van der Waals surface area contributed by atoms with E-state index in [4.69, 9.17) is 9.47 Å². The van der Waals surface area contributed by atoms with Gasteiger partial charge in [0.1, 0.15) is 6.61 Å². The zero-order chi connectivity index (χ0) is 16.6. The maximum Gasteiger partial charge on any atom is 0.314 e. The second-order valence-electron chi connectivity index (χ2n) is 5.15. The van der Waals surface area contributed by atoms with E-state index in [-0.39, 0.29) is 13.2 Å². The number of hydrogen-bond acceptors (Lipinski definition) is 7. The average molecular weight is 304 g/mol. The molecular weight excluding hydrogens is 280 g/mol. The van der Waals surface area contributed by atoms with Crippen LogP contribution in [0.5, 0.6) is 0 Å². The van der Waals surface area contributed by atoms with Crippen LogP contribution in [0, 0.1) is 11.3 Å². The molecule has 0 saturated carbocycles. The highest BCUT2D eigenvalue weighted by molar-refractivity contribution is 5.84. The average Bonchev–Trinajstić information content (AvgIpc) is 2.41. The Bertz CT molecular complexity index is 376. The first kappa shape index (κ1) is 19.4. The lowest BCUT2D eigenvalue weighted by atomic mass is 9.80. The number of esters is 3. The Hall–Kier alpha value is -1.63. The van der Waals surface area contributed by atoms with Gasteiger partial charge in [-0.2, -0.15) is 0 Å². The van der Waals surface area contributed by atoms with Crippen molar-refractivity contribution in [1.29, 1.82) is 0 Å². The van der Waals surface area contributed by atoms with Crippen molar-refractivity contribution in [1.82, 2.24) is 0 Å². The highest BCUT2D eigenvalue weighted by Crippen LogP contribution is 2.29. The van der Waals surface area contributed by atoms with Gasteiger partial charge in [0.25, 0.3) is 0 Å². The molecule has 7 nitrogen and oxygen atoms in total. The van der Waals surface area contributed by atoms with E-state index in [0.29, 0.717) is 0 Å². The van der Waals surface area contributed by atoms with Gasteiger partial charge in [0.2, 0.25) is 0 Å². The summed E-state index contributed by atoms with van der Waals surface area (Å²) >= 11 is 0. The first-order valence-corrected chi connectivity index (χ1v) is 6.66. The Morgan fingerprint density at radius 1 is 1.10 bits per heavy atom. The van der Waals surface area contributed by atoms with Gasteiger partial charge in [0.15, 0.2) is 6.29 Å². The lowest BCUT2D eigenvalue weighted by molar-refractivity contribution is -0.192. The van der Waals surface area contributed by atoms with E-state index >= 15 is 0 Å². The largest absolute Gasteiger partial charge is 0.469 e. The summed E-state index contributed by atoms with van der Waals surface area (Å²) in [5, 5.41) is 0. The van der Waals surface area contributed by atoms with Gasteiger partial charge < -0.3 is 18.9 Å². The number of hydrogen-bond donors (Lipinski definition) is 0. The van der Waals surface area contributed by atoms with Crippen molar-refractivity contribution in [3.05, 3.63) is 0 Å². The molecule has 0 heterocycles. The minimum Gasteiger partial charge on any atom is -0.469 e. The van der Waals surface area contributed by atoms with Crippen molar-refractivity contribution in [2.24, 2.45) is 11.3 Å². The molecule has 0 aliphatic heterocycles. The van der Waals surface area contributed by atoms with Crippen molar-refractivity contribution in [2.75, 3.05) is 20.3 Å². The van der Waals surface area contributed by atoms with Crippen molar-refractivity contribution >= 4 is 17.9 Å². The van der Waals surface area contributed by atoms with Crippen LogP contribution in [-0.2, 0) is 33.3 Å². The Balaban J connectivity index is 4.32. The molecule has 0 spiro atoms. The summed E-state index contributed by atoms with van der Waals surface area (Å²) in [5.41, 5.74) is -1.04. The summed E-state index contributed by atoms with van der Waals surface area (Å²) in [6.07, 6.45) is -0.808. The van der Waals surface area contributed by atoms with E-state index < -0.39 is 35.5 Å². The molecule has 7 heteroatoms. The molecule has 0 aromatic carbocycles. The van der Waals surface area contributed by atoms with Gasteiger partial charge in [-0.05, 0) is 20.8 Å². The van der Waals surface area contributed by atoms with Crippen molar-refractivity contribution < 1.29 is 33.3 Å². The zero-order valence-electron chi connectivity index (χ0n) is 13.4. The minimum atomic E-state index is -1.04. The first-order chi connectivity index (χ1) is 9.62. The second kappa shape index (κ2) is 8.61. The Kier molecular flexibility index (Phi) is 7.94. The van der Waals surface area contributed by atoms with Gasteiger partial charge >= 0.3 is 17.9 Å². The molecule has 0 aliphatic carbocycles. The molecule has 0 aromatic heterocycles. The van der Waals surface area contributed by atoms with E-state index in [1.807, 2.05) is 0 Å². The van der Waals surface area contributed by atoms with Crippen molar-refractivity contribution in [2.45, 2.75) is 40.9 Å². The van der Waals surface area contributed by atoms with E-state index in [1.165, 1.54) is 14.0 Å². The summed E-state index contributed by atoms with van der Waals surface area (Å²) in [7, 11) is 1.26. The molecule has 0 amide bonds. The molecule has 0 bridgehead atoms. The van der Waals surface area contributed by atoms with Gasteiger partial charge in [-0.1, -0.05) is 6.92 Å². The minimum absolute atomic E-state index is 0.0825. The monoisotopic (exact) mass is 304 g/mol. The Morgan fingerprint density at radius 3 is 2.14 bits per heavy atom. The molecule has 2 atom stereocenters. The molecule has 122 valence electrons. The molecule has 0 aromatic rings. The normalized spacial score (nSPS) is 14.0. The number of carbonyl (C=O) groups excluding carboxylic acids is 3. The van der Waals surface area contributed by atoms with Gasteiger partial charge in [0, 0.05) is 6.92 Å². The molecule has 2 unspecified atom stereocenters. The molecule has 0 fully saturated rings. The van der Waals surface area contributed by atoms with Crippen LogP contribution in [0.2, 0.25) is 0 Å². The summed E-state index contributed by atoms with van der Waals surface area (Å²) in [6, 6.07) is 0. The standard InChI is InChI=1S/C14H24O7/c1-9(12(16)18-6)14(4,5)13(17)21-11(3)20-8-7-19-10(2)15/h9,11H,7-8H2,1-6H3.